The van der Waals surface area contributed by atoms with Crippen LogP contribution in [0.5, 0.6) is 0 Å². The number of hydrogen-bond donors (Lipinski definition) is 4. The van der Waals surface area contributed by atoms with E-state index < -0.39 is 17.0 Å². The first-order valence-electron chi connectivity index (χ1n) is 11.1. The van der Waals surface area contributed by atoms with Crippen molar-refractivity contribution in [1.29, 1.82) is 0 Å². The number of fused-ring (bicyclic) bond motifs is 3. The SMILES string of the molecule is NC(=O)C#Cc1c[nH]c(=O)c2c1nc(NCc1ccccn1)c1ccc(-c3ccc(S(=O)O)cc3)cc12. The number of aromatic nitrogens is 3. The average Bonchev–Trinajstić information content (AvgIpc) is 2.91. The number of nitrogens with zero attached hydrogens (tertiary/aromatic N) is 2. The Balaban J connectivity index is 1.74. The minimum atomic E-state index is -2.08. The number of primary amides is 1. The molecule has 0 fully saturated rings. The van der Waals surface area contributed by atoms with Crippen molar-refractivity contribution < 1.29 is 13.6 Å². The summed E-state index contributed by atoms with van der Waals surface area (Å²) in [5.74, 6) is 4.70. The van der Waals surface area contributed by atoms with Gasteiger partial charge in [0.2, 0.25) is 0 Å². The predicted octanol–water partition coefficient (Wildman–Crippen LogP) is 3.17. The Labute approximate surface area is 213 Å². The molecule has 1 amide bonds. The molecule has 37 heavy (non-hydrogen) atoms. The van der Waals surface area contributed by atoms with Crippen molar-refractivity contribution in [2.75, 3.05) is 5.32 Å². The van der Waals surface area contributed by atoms with Crippen LogP contribution in [0.4, 0.5) is 5.82 Å². The molecule has 0 saturated carbocycles. The second-order valence-electron chi connectivity index (χ2n) is 8.04. The van der Waals surface area contributed by atoms with E-state index in [4.69, 9.17) is 10.7 Å². The van der Waals surface area contributed by atoms with Crippen molar-refractivity contribution in [2.24, 2.45) is 5.73 Å². The van der Waals surface area contributed by atoms with Crippen molar-refractivity contribution in [3.63, 3.8) is 0 Å². The van der Waals surface area contributed by atoms with Crippen LogP contribution in [0.1, 0.15) is 11.3 Å². The second kappa shape index (κ2) is 10.0. The summed E-state index contributed by atoms with van der Waals surface area (Å²) in [6.07, 6.45) is 3.10. The minimum absolute atomic E-state index is 0.286. The number of hydrogen-bond acceptors (Lipinski definition) is 6. The van der Waals surface area contributed by atoms with Crippen LogP contribution >= 0.6 is 0 Å². The molecule has 1 atom stereocenters. The summed E-state index contributed by atoms with van der Waals surface area (Å²) in [6, 6.07) is 17.8. The standard InChI is InChI=1S/C27H19N5O4S/c28-23(33)11-7-18-14-31-27(34)24-22-13-17(16-4-8-20(9-5-16)37(35)36)6-10-21(22)26(32-25(18)24)30-15-19-3-1-2-12-29-19/h1-6,8-10,12-14H,15H2,(H2,28,33)(H,30,32)(H,31,34)(H,35,36). The van der Waals surface area contributed by atoms with Crippen molar-refractivity contribution in [1.82, 2.24) is 15.0 Å². The smallest absolute Gasteiger partial charge is 0.293 e. The number of carbonyl (C=O) groups excluding carboxylic acids is 1. The van der Waals surface area contributed by atoms with Gasteiger partial charge in [-0.2, -0.15) is 0 Å². The van der Waals surface area contributed by atoms with Gasteiger partial charge in [0.05, 0.1) is 33.6 Å². The molecule has 10 heteroatoms. The summed E-state index contributed by atoms with van der Waals surface area (Å²) < 4.78 is 20.7. The molecule has 182 valence electrons. The Kier molecular flexibility index (Phi) is 6.47. The van der Waals surface area contributed by atoms with E-state index in [2.05, 4.69) is 27.1 Å². The molecule has 9 nitrogen and oxygen atoms in total. The fraction of sp³-hybridized carbons (Fsp3) is 0.0370. The normalized spacial score (nSPS) is 11.6. The van der Waals surface area contributed by atoms with Gasteiger partial charge in [-0.3, -0.25) is 14.6 Å². The summed E-state index contributed by atoms with van der Waals surface area (Å²) >= 11 is -2.08. The third-order valence-corrected chi connectivity index (χ3v) is 6.38. The number of nitrogens with one attached hydrogen (secondary N) is 2. The number of rotatable bonds is 5. The van der Waals surface area contributed by atoms with Gasteiger partial charge in [0, 0.05) is 29.1 Å². The molecule has 0 radical (unpaired) electrons. The molecule has 5 rings (SSSR count). The molecule has 3 heterocycles. The van der Waals surface area contributed by atoms with Crippen LogP contribution in [0.3, 0.4) is 0 Å². The summed E-state index contributed by atoms with van der Waals surface area (Å²) in [5, 5.41) is 4.92. The lowest BCUT2D eigenvalue weighted by Gasteiger charge is -2.13. The molecule has 0 aliphatic heterocycles. The lowest BCUT2D eigenvalue weighted by atomic mass is 9.98. The number of H-pyrrole nitrogens is 1. The summed E-state index contributed by atoms with van der Waals surface area (Å²) in [5.41, 5.74) is 7.89. The highest BCUT2D eigenvalue weighted by molar-refractivity contribution is 7.79. The van der Waals surface area contributed by atoms with Crippen molar-refractivity contribution in [3.8, 4) is 23.0 Å². The Bertz CT molecular complexity index is 1810. The monoisotopic (exact) mass is 509 g/mol. The van der Waals surface area contributed by atoms with Gasteiger partial charge >= 0.3 is 0 Å². The zero-order valence-electron chi connectivity index (χ0n) is 19.2. The van der Waals surface area contributed by atoms with Crippen LogP contribution in [-0.2, 0) is 22.4 Å². The van der Waals surface area contributed by atoms with Gasteiger partial charge in [-0.1, -0.05) is 36.3 Å². The van der Waals surface area contributed by atoms with Crippen LogP contribution in [0, 0.1) is 11.8 Å². The number of carbonyl (C=O) groups is 1. The van der Waals surface area contributed by atoms with Gasteiger partial charge in [0.1, 0.15) is 5.82 Å². The first-order valence-corrected chi connectivity index (χ1v) is 12.2. The van der Waals surface area contributed by atoms with Crippen molar-refractivity contribution >= 4 is 44.5 Å². The maximum atomic E-state index is 13.0. The van der Waals surface area contributed by atoms with Gasteiger partial charge in [0.15, 0.2) is 11.1 Å². The summed E-state index contributed by atoms with van der Waals surface area (Å²) in [6.45, 7) is 0.390. The van der Waals surface area contributed by atoms with Gasteiger partial charge < -0.3 is 20.6 Å². The molecule has 1 unspecified atom stereocenters. The van der Waals surface area contributed by atoms with E-state index in [1.54, 1.807) is 30.5 Å². The molecule has 5 N–H and O–H groups in total. The Hall–Kier alpha value is -4.85. The van der Waals surface area contributed by atoms with Crippen LogP contribution < -0.4 is 16.6 Å². The number of aromatic amines is 1. The van der Waals surface area contributed by atoms with Gasteiger partial charge in [-0.15, -0.1) is 0 Å². The quantitative estimate of drug-likeness (QED) is 0.161. The highest BCUT2D eigenvalue weighted by Crippen LogP contribution is 2.33. The largest absolute Gasteiger partial charge is 0.364 e. The number of benzene rings is 2. The molecule has 0 saturated heterocycles. The van der Waals surface area contributed by atoms with E-state index in [-0.39, 0.29) is 10.5 Å². The lowest BCUT2D eigenvalue weighted by Crippen LogP contribution is -2.11. The number of anilines is 1. The third kappa shape index (κ3) is 4.95. The Morgan fingerprint density at radius 1 is 1.08 bits per heavy atom. The molecule has 0 spiro atoms. The van der Waals surface area contributed by atoms with Crippen LogP contribution in [0.2, 0.25) is 0 Å². The molecule has 2 aromatic carbocycles. The Morgan fingerprint density at radius 2 is 1.86 bits per heavy atom. The first kappa shape index (κ1) is 23.9. The van der Waals surface area contributed by atoms with E-state index >= 15 is 0 Å². The Morgan fingerprint density at radius 3 is 2.57 bits per heavy atom. The average molecular weight is 510 g/mol. The number of pyridine rings is 3. The molecule has 0 aliphatic rings. The predicted molar refractivity (Wildman–Crippen MR) is 142 cm³/mol. The van der Waals surface area contributed by atoms with Gasteiger partial charge in [-0.05, 0) is 41.5 Å². The molecule has 0 aliphatic carbocycles. The fourth-order valence-corrected chi connectivity index (χ4v) is 4.36. The molecule has 3 aromatic heterocycles. The van der Waals surface area contributed by atoms with E-state index in [9.17, 15) is 18.4 Å². The minimum Gasteiger partial charge on any atom is -0.364 e. The van der Waals surface area contributed by atoms with Crippen LogP contribution in [0.25, 0.3) is 32.8 Å². The van der Waals surface area contributed by atoms with Crippen molar-refractivity contribution in [2.45, 2.75) is 11.4 Å². The number of amides is 1. The number of nitrogens with two attached hydrogens (primary N) is 1. The van der Waals surface area contributed by atoms with Crippen LogP contribution in [-0.4, -0.2) is 29.6 Å². The fourth-order valence-electron chi connectivity index (χ4n) is 4.00. The maximum Gasteiger partial charge on any atom is 0.293 e. The molecular formula is C27H19N5O4S. The van der Waals surface area contributed by atoms with Gasteiger partial charge in [0.25, 0.3) is 11.5 Å². The van der Waals surface area contributed by atoms with Crippen LogP contribution in [0.15, 0.2) is 82.7 Å². The topological polar surface area (TPSA) is 151 Å². The third-order valence-electron chi connectivity index (χ3n) is 5.71. The van der Waals surface area contributed by atoms with E-state index in [0.717, 1.165) is 16.8 Å². The maximum absolute atomic E-state index is 13.0. The van der Waals surface area contributed by atoms with E-state index in [1.165, 1.54) is 6.20 Å². The van der Waals surface area contributed by atoms with Crippen molar-refractivity contribution in [3.05, 3.63) is 94.7 Å². The lowest BCUT2D eigenvalue weighted by molar-refractivity contribution is -0.112. The highest BCUT2D eigenvalue weighted by atomic mass is 32.2. The van der Waals surface area contributed by atoms with E-state index in [0.29, 0.717) is 39.6 Å². The molecule has 5 aromatic rings. The van der Waals surface area contributed by atoms with E-state index in [1.807, 2.05) is 36.4 Å². The summed E-state index contributed by atoms with van der Waals surface area (Å²) in [7, 11) is 0. The zero-order valence-corrected chi connectivity index (χ0v) is 20.0. The second-order valence-corrected chi connectivity index (χ2v) is 9.01. The molecule has 0 bridgehead atoms. The summed E-state index contributed by atoms with van der Waals surface area (Å²) in [4.78, 5) is 36.3. The zero-order chi connectivity index (χ0) is 25.9. The van der Waals surface area contributed by atoms with Gasteiger partial charge in [-0.25, -0.2) is 9.19 Å². The highest BCUT2D eigenvalue weighted by Gasteiger charge is 2.15. The molecular weight excluding hydrogens is 490 g/mol. The first-order chi connectivity index (χ1) is 17.9.